The average molecular weight is 711 g/mol. The fraction of sp³-hybridized carbons (Fsp3) is 0.750. The van der Waals surface area contributed by atoms with Gasteiger partial charge in [0.25, 0.3) is 5.79 Å². The number of ether oxygens (including phenoxy) is 8. The van der Waals surface area contributed by atoms with Crippen LogP contribution in [0.2, 0.25) is 0 Å². The number of carbonyl (C=O) groups excluding carboxylic acids is 7. The molecule has 6 N–H and O–H groups in total. The highest BCUT2D eigenvalue weighted by Gasteiger charge is 2.59. The zero-order valence-electron chi connectivity index (χ0n) is 27.5. The Hall–Kier alpha value is -3.99. The summed E-state index contributed by atoms with van der Waals surface area (Å²) < 4.78 is 42.6. The van der Waals surface area contributed by atoms with Gasteiger partial charge >= 0.3 is 29.8 Å². The molecule has 0 bridgehead atoms. The molecule has 11 atom stereocenters. The molecule has 278 valence electrons. The Morgan fingerprint density at radius 3 is 2.00 bits per heavy atom. The van der Waals surface area contributed by atoms with E-state index in [-0.39, 0.29) is 0 Å². The van der Waals surface area contributed by atoms with Gasteiger partial charge in [-0.1, -0.05) is 0 Å². The lowest BCUT2D eigenvalue weighted by Gasteiger charge is -2.48. The van der Waals surface area contributed by atoms with Crippen LogP contribution in [0.5, 0.6) is 0 Å². The molecule has 0 aromatic carbocycles. The Morgan fingerprint density at radius 1 is 0.857 bits per heavy atom. The van der Waals surface area contributed by atoms with Crippen LogP contribution in [0, 0.1) is 0 Å². The zero-order valence-corrected chi connectivity index (χ0v) is 27.5. The van der Waals surface area contributed by atoms with Gasteiger partial charge in [-0.15, -0.1) is 0 Å². The largest absolute Gasteiger partial charge is 0.465 e. The topological polar surface area (TPSA) is 298 Å². The Labute approximate surface area is 279 Å². The Kier molecular flexibility index (Phi) is 15.2. The lowest BCUT2D eigenvalue weighted by atomic mass is 9.88. The van der Waals surface area contributed by atoms with Gasteiger partial charge in [0.15, 0.2) is 18.5 Å². The average Bonchev–Trinajstić information content (AvgIpc) is 3.00. The van der Waals surface area contributed by atoms with Crippen molar-refractivity contribution >= 4 is 41.7 Å². The van der Waals surface area contributed by atoms with E-state index in [0.29, 0.717) is 0 Å². The lowest BCUT2D eigenvalue weighted by molar-refractivity contribution is -0.312. The lowest BCUT2D eigenvalue weighted by Crippen LogP contribution is -2.69. The minimum absolute atomic E-state index is 0.732. The second kappa shape index (κ2) is 18.1. The highest BCUT2D eigenvalue weighted by molar-refractivity contribution is 5.81. The normalized spacial score (nSPS) is 30.8. The first-order valence-electron chi connectivity index (χ1n) is 14.8. The van der Waals surface area contributed by atoms with Crippen molar-refractivity contribution in [2.45, 2.75) is 108 Å². The molecule has 21 nitrogen and oxygen atoms in total. The minimum atomic E-state index is -2.71. The van der Waals surface area contributed by atoms with E-state index in [9.17, 15) is 54.0 Å². The summed E-state index contributed by atoms with van der Waals surface area (Å²) in [4.78, 5) is 87.0. The molecule has 0 spiro atoms. The van der Waals surface area contributed by atoms with Crippen molar-refractivity contribution in [2.24, 2.45) is 0 Å². The van der Waals surface area contributed by atoms with Crippen molar-refractivity contribution in [3.63, 3.8) is 0 Å². The molecule has 2 amide bonds. The Bertz CT molecular complexity index is 1230. The van der Waals surface area contributed by atoms with Crippen LogP contribution in [0.25, 0.3) is 0 Å². The molecule has 21 heteroatoms. The van der Waals surface area contributed by atoms with Gasteiger partial charge in [0.05, 0.1) is 26.2 Å². The van der Waals surface area contributed by atoms with E-state index < -0.39 is 135 Å². The van der Waals surface area contributed by atoms with Gasteiger partial charge in [-0.3, -0.25) is 28.8 Å². The first-order valence-corrected chi connectivity index (χ1v) is 14.8. The van der Waals surface area contributed by atoms with Gasteiger partial charge in [-0.05, 0) is 0 Å². The van der Waals surface area contributed by atoms with E-state index in [1.807, 2.05) is 0 Å². The Balaban J connectivity index is 2.60. The molecular formula is C28H42N2O19. The predicted molar refractivity (Wildman–Crippen MR) is 153 cm³/mol. The van der Waals surface area contributed by atoms with Gasteiger partial charge in [0.2, 0.25) is 11.8 Å². The van der Waals surface area contributed by atoms with E-state index in [4.69, 9.17) is 37.9 Å². The van der Waals surface area contributed by atoms with Gasteiger partial charge < -0.3 is 69.0 Å². The molecule has 0 saturated carbocycles. The van der Waals surface area contributed by atoms with Crippen LogP contribution >= 0.6 is 0 Å². The summed E-state index contributed by atoms with van der Waals surface area (Å²) in [6.07, 6.45) is -14.5. The molecule has 49 heavy (non-hydrogen) atoms. The summed E-state index contributed by atoms with van der Waals surface area (Å²) in [5.41, 5.74) is 0. The summed E-state index contributed by atoms with van der Waals surface area (Å²) in [7, 11) is 0.906. The summed E-state index contributed by atoms with van der Waals surface area (Å²) in [5, 5.41) is 44.7. The molecule has 0 aromatic heterocycles. The van der Waals surface area contributed by atoms with Crippen LogP contribution < -0.4 is 10.6 Å². The summed E-state index contributed by atoms with van der Waals surface area (Å²) in [6.45, 7) is 2.42. The maximum atomic E-state index is 13.4. The summed E-state index contributed by atoms with van der Waals surface area (Å²) in [5.74, 6) is -9.65. The van der Waals surface area contributed by atoms with Gasteiger partial charge in [0, 0.05) is 34.6 Å². The monoisotopic (exact) mass is 710 g/mol. The van der Waals surface area contributed by atoms with Gasteiger partial charge in [0.1, 0.15) is 49.8 Å². The van der Waals surface area contributed by atoms with Crippen LogP contribution in [0.3, 0.4) is 0 Å². The molecule has 0 radical (unpaired) electrons. The van der Waals surface area contributed by atoms with Crippen molar-refractivity contribution in [1.82, 2.24) is 10.6 Å². The second-order valence-electron chi connectivity index (χ2n) is 11.0. The molecule has 1 unspecified atom stereocenters. The number of esters is 5. The molecule has 2 fully saturated rings. The highest BCUT2D eigenvalue weighted by Crippen LogP contribution is 2.37. The highest BCUT2D eigenvalue weighted by atomic mass is 16.7. The van der Waals surface area contributed by atoms with E-state index in [0.717, 1.165) is 41.7 Å². The third kappa shape index (κ3) is 11.3. The zero-order chi connectivity index (χ0) is 37.2. The van der Waals surface area contributed by atoms with Crippen LogP contribution in [-0.4, -0.2) is 156 Å². The van der Waals surface area contributed by atoms with Crippen molar-refractivity contribution in [2.75, 3.05) is 26.9 Å². The van der Waals surface area contributed by atoms with Gasteiger partial charge in [-0.25, -0.2) is 4.79 Å². The summed E-state index contributed by atoms with van der Waals surface area (Å²) in [6, 6.07) is -3.14. The quantitative estimate of drug-likeness (QED) is 0.0730. The maximum Gasteiger partial charge on any atom is 0.366 e. The number of methoxy groups -OCH3 is 1. The fourth-order valence-electron chi connectivity index (χ4n) is 5.21. The van der Waals surface area contributed by atoms with Crippen LogP contribution in [0.1, 0.15) is 41.0 Å². The maximum absolute atomic E-state index is 13.4. The van der Waals surface area contributed by atoms with Crippen molar-refractivity contribution in [3.8, 4) is 0 Å². The molecule has 2 heterocycles. The van der Waals surface area contributed by atoms with E-state index in [1.54, 1.807) is 0 Å². The number of hydrogen-bond acceptors (Lipinski definition) is 19. The van der Waals surface area contributed by atoms with Crippen molar-refractivity contribution in [3.05, 3.63) is 0 Å². The van der Waals surface area contributed by atoms with Crippen LogP contribution in [0.15, 0.2) is 0 Å². The van der Waals surface area contributed by atoms with Crippen molar-refractivity contribution < 1.29 is 91.9 Å². The first kappa shape index (κ1) is 41.2. The molecule has 2 saturated heterocycles. The van der Waals surface area contributed by atoms with Gasteiger partial charge in [-0.2, -0.15) is 0 Å². The van der Waals surface area contributed by atoms with Crippen LogP contribution in [-0.2, 0) is 71.5 Å². The number of rotatable bonds is 14. The Morgan fingerprint density at radius 2 is 1.49 bits per heavy atom. The molecule has 0 aromatic rings. The molecule has 2 aliphatic rings. The number of aliphatic hydroxyl groups excluding tert-OH is 4. The number of aliphatic hydroxyl groups is 4. The third-order valence-electron chi connectivity index (χ3n) is 7.16. The fourth-order valence-corrected chi connectivity index (χ4v) is 5.21. The third-order valence-corrected chi connectivity index (χ3v) is 7.16. The second-order valence-corrected chi connectivity index (χ2v) is 11.0. The standard InChI is InChI=1S/C28H42N2O19/c1-11(32)29-20-16(45-13(3)34)7-28(27(41)42-6,44-10-19(37)30-21-23(39)22(38)17(8-31)48-26(21)40)49-25(20)24(47-15(5)36)18(46-14(4)35)9-43-12(2)33/h16-18,20-26,31,38-40H,7-10H2,1-6H3,(H,29,32)(H,30,37)/t16-,17+,18+,20+,21-,22+,23+,24+,25+,26?,28+/m0/s1. The number of hydrogen-bond donors (Lipinski definition) is 6. The first-order chi connectivity index (χ1) is 22.8. The van der Waals surface area contributed by atoms with Crippen molar-refractivity contribution in [1.29, 1.82) is 0 Å². The molecule has 2 aliphatic heterocycles. The predicted octanol–water partition coefficient (Wildman–Crippen LogP) is -4.56. The number of nitrogens with one attached hydrogen (secondary N) is 2. The smallest absolute Gasteiger partial charge is 0.366 e. The van der Waals surface area contributed by atoms with E-state index >= 15 is 0 Å². The minimum Gasteiger partial charge on any atom is -0.465 e. The molecule has 2 rings (SSSR count). The SMILES string of the molecule is COC(=O)[C@@]1(OCC(=O)N[C@@H]2C(O)O[C@H](CO)[C@@H](O)[C@@H]2O)C[C@H](OC(C)=O)[C@@H](NC(C)=O)[C@H]([C@H](OC(C)=O)[C@@H](COC(C)=O)OC(C)=O)O1. The number of amides is 2. The molecule has 0 aliphatic carbocycles. The van der Waals surface area contributed by atoms with E-state index in [1.165, 1.54) is 0 Å². The van der Waals surface area contributed by atoms with Crippen LogP contribution in [0.4, 0.5) is 0 Å². The van der Waals surface area contributed by atoms with E-state index in [2.05, 4.69) is 10.6 Å². The number of carbonyl (C=O) groups is 7. The summed E-state index contributed by atoms with van der Waals surface area (Å²) >= 11 is 0. The molecular weight excluding hydrogens is 668 g/mol.